The summed E-state index contributed by atoms with van der Waals surface area (Å²) in [5.74, 6) is 0. The van der Waals surface area contributed by atoms with Gasteiger partial charge in [0.1, 0.15) is 0 Å². The fourth-order valence-electron chi connectivity index (χ4n) is 2.02. The normalized spacial score (nSPS) is 13.8. The molecule has 9 heteroatoms. The molecule has 122 valence electrons. The monoisotopic (exact) mass is 321 g/mol. The van der Waals surface area contributed by atoms with Crippen molar-refractivity contribution in [1.29, 1.82) is 0 Å². The molecule has 1 unspecified atom stereocenters. The van der Waals surface area contributed by atoms with Crippen molar-refractivity contribution < 1.29 is 23.0 Å². The van der Waals surface area contributed by atoms with Crippen molar-refractivity contribution in [2.24, 2.45) is 0 Å². The van der Waals surface area contributed by atoms with Crippen molar-refractivity contribution in [2.75, 3.05) is 34.0 Å². The molecule has 0 spiro atoms. The highest BCUT2D eigenvalue weighted by Crippen LogP contribution is 2.22. The molecule has 2 N–H and O–H groups in total. The fourth-order valence-corrected chi connectivity index (χ4v) is 3.79. The Morgan fingerprint density at radius 2 is 2.05 bits per heavy atom. The number of hydrogen-bond acceptors (Lipinski definition) is 6. The number of nitrogens with one attached hydrogen (secondary N) is 1. The van der Waals surface area contributed by atoms with Crippen molar-refractivity contribution in [1.82, 2.24) is 14.5 Å². The average Bonchev–Trinajstić information content (AvgIpc) is 2.81. The molecule has 1 rings (SSSR count). The number of H-pyrrole nitrogens is 1. The first kappa shape index (κ1) is 18.1. The van der Waals surface area contributed by atoms with E-state index in [-0.39, 0.29) is 36.4 Å². The standard InChI is InChI=1S/C12H23N3O5S/c1-9(8-20-4)15(5-6-19-3)21(17,18)12-11(7-16)10(2)13-14-12/h9,16H,5-8H2,1-4H3,(H,13,14). The van der Waals surface area contributed by atoms with Crippen LogP contribution in [0.4, 0.5) is 0 Å². The van der Waals surface area contributed by atoms with Crippen molar-refractivity contribution in [3.8, 4) is 0 Å². The van der Waals surface area contributed by atoms with E-state index in [2.05, 4.69) is 10.2 Å². The van der Waals surface area contributed by atoms with E-state index in [1.54, 1.807) is 13.8 Å². The maximum atomic E-state index is 12.8. The van der Waals surface area contributed by atoms with Crippen LogP contribution in [0, 0.1) is 6.92 Å². The quantitative estimate of drug-likeness (QED) is 0.657. The molecule has 0 saturated carbocycles. The van der Waals surface area contributed by atoms with Crippen LogP contribution in [0.15, 0.2) is 5.03 Å². The molecule has 0 fully saturated rings. The van der Waals surface area contributed by atoms with Gasteiger partial charge in [-0.25, -0.2) is 8.42 Å². The van der Waals surface area contributed by atoms with E-state index >= 15 is 0 Å². The summed E-state index contributed by atoms with van der Waals surface area (Å²) < 4.78 is 36.8. The number of ether oxygens (including phenoxy) is 2. The highest BCUT2D eigenvalue weighted by Gasteiger charge is 2.33. The van der Waals surface area contributed by atoms with Crippen LogP contribution in [0.2, 0.25) is 0 Å². The Hall–Kier alpha value is -1.00. The summed E-state index contributed by atoms with van der Waals surface area (Å²) in [6, 6.07) is -0.376. The smallest absolute Gasteiger partial charge is 0.263 e. The van der Waals surface area contributed by atoms with Crippen LogP contribution in [-0.4, -0.2) is 68.0 Å². The summed E-state index contributed by atoms with van der Waals surface area (Å²) in [6.07, 6.45) is 0. The first-order valence-electron chi connectivity index (χ1n) is 6.54. The lowest BCUT2D eigenvalue weighted by atomic mass is 10.3. The fraction of sp³-hybridized carbons (Fsp3) is 0.750. The number of rotatable bonds is 9. The highest BCUT2D eigenvalue weighted by atomic mass is 32.2. The summed E-state index contributed by atoms with van der Waals surface area (Å²) in [6.45, 7) is 3.70. The number of sulfonamides is 1. The summed E-state index contributed by atoms with van der Waals surface area (Å²) in [4.78, 5) is 0. The van der Waals surface area contributed by atoms with Crippen LogP contribution < -0.4 is 0 Å². The second-order valence-corrected chi connectivity index (χ2v) is 6.51. The van der Waals surface area contributed by atoms with Gasteiger partial charge in [0, 0.05) is 38.1 Å². The van der Waals surface area contributed by atoms with E-state index in [1.165, 1.54) is 18.5 Å². The molecule has 0 aliphatic heterocycles. The third-order valence-electron chi connectivity index (χ3n) is 3.16. The number of nitrogens with zero attached hydrogens (tertiary/aromatic N) is 2. The third kappa shape index (κ3) is 4.01. The van der Waals surface area contributed by atoms with Crippen molar-refractivity contribution in [3.63, 3.8) is 0 Å². The van der Waals surface area contributed by atoms with E-state index in [0.717, 1.165) is 0 Å². The van der Waals surface area contributed by atoms with Gasteiger partial charge in [-0.1, -0.05) is 0 Å². The molecule has 0 aliphatic carbocycles. The maximum absolute atomic E-state index is 12.8. The largest absolute Gasteiger partial charge is 0.392 e. The Morgan fingerprint density at radius 1 is 1.38 bits per heavy atom. The molecule has 0 bridgehead atoms. The molecule has 1 aromatic heterocycles. The Bertz CT molecular complexity index is 543. The molecular weight excluding hydrogens is 298 g/mol. The zero-order valence-electron chi connectivity index (χ0n) is 12.8. The molecule has 8 nitrogen and oxygen atoms in total. The van der Waals surface area contributed by atoms with Gasteiger partial charge in [-0.3, -0.25) is 5.10 Å². The number of aryl methyl sites for hydroxylation is 1. The second-order valence-electron chi connectivity index (χ2n) is 4.70. The average molecular weight is 321 g/mol. The van der Waals surface area contributed by atoms with Crippen LogP contribution in [0.25, 0.3) is 0 Å². The van der Waals surface area contributed by atoms with Crippen molar-refractivity contribution in [3.05, 3.63) is 11.3 Å². The lowest BCUT2D eigenvalue weighted by Gasteiger charge is -2.27. The Labute approximate surface area is 125 Å². The van der Waals surface area contributed by atoms with E-state index < -0.39 is 16.6 Å². The number of aliphatic hydroxyl groups excluding tert-OH is 1. The lowest BCUT2D eigenvalue weighted by Crippen LogP contribution is -2.43. The number of aromatic amines is 1. The number of methoxy groups -OCH3 is 2. The number of aliphatic hydroxyl groups is 1. The van der Waals surface area contributed by atoms with Gasteiger partial charge in [-0.2, -0.15) is 9.40 Å². The van der Waals surface area contributed by atoms with Gasteiger partial charge >= 0.3 is 0 Å². The molecule has 0 saturated heterocycles. The molecule has 0 aromatic carbocycles. The number of aromatic nitrogens is 2. The molecule has 21 heavy (non-hydrogen) atoms. The first-order valence-corrected chi connectivity index (χ1v) is 7.98. The molecular formula is C12H23N3O5S. The van der Waals surface area contributed by atoms with Gasteiger partial charge in [0.05, 0.1) is 19.8 Å². The Balaban J connectivity index is 3.19. The number of hydrogen-bond donors (Lipinski definition) is 2. The van der Waals surface area contributed by atoms with E-state index in [4.69, 9.17) is 9.47 Å². The molecule has 0 amide bonds. The molecule has 1 heterocycles. The Kier molecular flexibility index (Phi) is 6.75. The van der Waals surface area contributed by atoms with E-state index in [1.807, 2.05) is 0 Å². The van der Waals surface area contributed by atoms with E-state index in [0.29, 0.717) is 5.69 Å². The highest BCUT2D eigenvalue weighted by molar-refractivity contribution is 7.89. The summed E-state index contributed by atoms with van der Waals surface area (Å²) in [7, 11) is -0.833. The van der Waals surface area contributed by atoms with Crippen molar-refractivity contribution in [2.45, 2.75) is 31.5 Å². The Morgan fingerprint density at radius 3 is 2.57 bits per heavy atom. The maximum Gasteiger partial charge on any atom is 0.263 e. The topological polar surface area (TPSA) is 105 Å². The van der Waals surface area contributed by atoms with Crippen LogP contribution in [-0.2, 0) is 26.1 Å². The SMILES string of the molecule is COCCN(C(C)COC)S(=O)(=O)c1n[nH]c(C)c1CO. The lowest BCUT2D eigenvalue weighted by molar-refractivity contribution is 0.118. The molecule has 1 atom stereocenters. The van der Waals surface area contributed by atoms with Crippen LogP contribution in [0.5, 0.6) is 0 Å². The minimum Gasteiger partial charge on any atom is -0.392 e. The molecule has 1 aromatic rings. The van der Waals surface area contributed by atoms with Crippen LogP contribution >= 0.6 is 0 Å². The first-order chi connectivity index (χ1) is 9.89. The van der Waals surface area contributed by atoms with Crippen LogP contribution in [0.3, 0.4) is 0 Å². The minimum atomic E-state index is -3.85. The zero-order chi connectivity index (χ0) is 16.0. The van der Waals surface area contributed by atoms with Gasteiger partial charge in [0.25, 0.3) is 10.0 Å². The molecule has 0 aliphatic rings. The molecule has 0 radical (unpaired) electrons. The van der Waals surface area contributed by atoms with E-state index in [9.17, 15) is 13.5 Å². The van der Waals surface area contributed by atoms with Crippen molar-refractivity contribution >= 4 is 10.0 Å². The second kappa shape index (κ2) is 7.85. The summed E-state index contributed by atoms with van der Waals surface area (Å²) in [5, 5.41) is 15.6. The van der Waals surface area contributed by atoms with Gasteiger partial charge in [0.15, 0.2) is 5.03 Å². The predicted molar refractivity (Wildman–Crippen MR) is 76.4 cm³/mol. The predicted octanol–water partition coefficient (Wildman–Crippen LogP) is -0.118. The van der Waals surface area contributed by atoms with Gasteiger partial charge in [-0.05, 0) is 13.8 Å². The minimum absolute atomic E-state index is 0.151. The van der Waals surface area contributed by atoms with Gasteiger partial charge < -0.3 is 14.6 Å². The van der Waals surface area contributed by atoms with Gasteiger partial charge in [-0.15, -0.1) is 0 Å². The van der Waals surface area contributed by atoms with Gasteiger partial charge in [0.2, 0.25) is 0 Å². The zero-order valence-corrected chi connectivity index (χ0v) is 13.6. The summed E-state index contributed by atoms with van der Waals surface area (Å²) in [5.41, 5.74) is 0.809. The third-order valence-corrected chi connectivity index (χ3v) is 5.15. The van der Waals surface area contributed by atoms with Crippen LogP contribution in [0.1, 0.15) is 18.2 Å². The summed E-state index contributed by atoms with van der Waals surface area (Å²) >= 11 is 0.